The summed E-state index contributed by atoms with van der Waals surface area (Å²) in [5, 5.41) is 3.35. The van der Waals surface area contributed by atoms with Gasteiger partial charge in [0.25, 0.3) is 0 Å². The van der Waals surface area contributed by atoms with Gasteiger partial charge >= 0.3 is 15.6 Å². The van der Waals surface area contributed by atoms with E-state index in [0.29, 0.717) is 0 Å². The molecule has 0 aliphatic heterocycles. The van der Waals surface area contributed by atoms with Gasteiger partial charge < -0.3 is 20.0 Å². The van der Waals surface area contributed by atoms with Crippen molar-refractivity contribution in [1.29, 1.82) is 0 Å². The van der Waals surface area contributed by atoms with E-state index in [1.165, 1.54) is 11.1 Å². The number of hydrogen-bond acceptors (Lipinski definition) is 5. The molecule has 0 aromatic heterocycles. The maximum Gasteiger partial charge on any atom is 0.481 e. The van der Waals surface area contributed by atoms with E-state index in [0.717, 1.165) is 30.6 Å². The van der Waals surface area contributed by atoms with Gasteiger partial charge in [-0.1, -0.05) is 35.4 Å². The first-order chi connectivity index (χ1) is 12.5. The van der Waals surface area contributed by atoms with Crippen molar-refractivity contribution in [2.45, 2.75) is 33.6 Å². The van der Waals surface area contributed by atoms with Crippen LogP contribution in [0.25, 0.3) is 0 Å². The number of phosphoric ester groups is 1. The highest BCUT2D eigenvalue weighted by molar-refractivity contribution is 7.60. The van der Waals surface area contributed by atoms with Crippen molar-refractivity contribution < 1.29 is 32.6 Å². The van der Waals surface area contributed by atoms with Crippen LogP contribution in [0, 0.1) is 6.92 Å². The summed E-state index contributed by atoms with van der Waals surface area (Å²) in [6.07, 6.45) is 5.19. The minimum Gasteiger partial charge on any atom is -0.381 e. The van der Waals surface area contributed by atoms with E-state index in [9.17, 15) is 9.13 Å². The number of hydrogen-bond donors (Lipinski definition) is 4. The first kappa shape index (κ1) is 23.8. The van der Waals surface area contributed by atoms with Gasteiger partial charge in [0.1, 0.15) is 0 Å². The van der Waals surface area contributed by atoms with Gasteiger partial charge in [0, 0.05) is 12.2 Å². The van der Waals surface area contributed by atoms with Crippen molar-refractivity contribution in [2.24, 2.45) is 0 Å². The van der Waals surface area contributed by atoms with Crippen molar-refractivity contribution >= 4 is 21.3 Å². The number of benzene rings is 1. The molecule has 4 N–H and O–H groups in total. The van der Waals surface area contributed by atoms with Gasteiger partial charge in [0.05, 0.1) is 6.61 Å². The average Bonchev–Trinajstić information content (AvgIpc) is 2.50. The van der Waals surface area contributed by atoms with Crippen LogP contribution in [-0.2, 0) is 18.0 Å². The predicted molar refractivity (Wildman–Crippen MR) is 105 cm³/mol. The second-order valence-corrected chi connectivity index (χ2v) is 9.03. The molecule has 0 saturated carbocycles. The third-order valence-electron chi connectivity index (χ3n) is 3.50. The SMILES string of the molecule is CC(=CCOP(=O)(O)OP(=O)(O)O)CCC=C(C)CNc1cccc(C)c1. The molecule has 1 rings (SSSR count). The van der Waals surface area contributed by atoms with E-state index >= 15 is 0 Å². The molecular formula is C17H27NO7P2. The molecule has 10 heteroatoms. The molecule has 27 heavy (non-hydrogen) atoms. The molecule has 1 aromatic rings. The van der Waals surface area contributed by atoms with E-state index in [1.807, 2.05) is 39.0 Å². The van der Waals surface area contributed by atoms with Gasteiger partial charge in [-0.3, -0.25) is 4.52 Å². The number of anilines is 1. The molecule has 0 radical (unpaired) electrons. The molecule has 0 bridgehead atoms. The lowest BCUT2D eigenvalue weighted by Crippen LogP contribution is -2.02. The topological polar surface area (TPSA) is 125 Å². The van der Waals surface area contributed by atoms with Crippen LogP contribution in [0.1, 0.15) is 32.3 Å². The maximum atomic E-state index is 11.3. The Labute approximate surface area is 159 Å². The van der Waals surface area contributed by atoms with Crippen molar-refractivity contribution in [1.82, 2.24) is 0 Å². The number of allylic oxidation sites excluding steroid dienone is 2. The number of rotatable bonds is 11. The van der Waals surface area contributed by atoms with Gasteiger partial charge in [-0.2, -0.15) is 4.31 Å². The molecule has 0 amide bonds. The Morgan fingerprint density at radius 3 is 2.48 bits per heavy atom. The molecule has 152 valence electrons. The zero-order chi connectivity index (χ0) is 20.5. The fraction of sp³-hybridized carbons (Fsp3) is 0.412. The smallest absolute Gasteiger partial charge is 0.381 e. The molecule has 8 nitrogen and oxygen atoms in total. The molecule has 0 aliphatic carbocycles. The van der Waals surface area contributed by atoms with Crippen LogP contribution in [0.2, 0.25) is 0 Å². The first-order valence-electron chi connectivity index (χ1n) is 8.33. The molecule has 1 atom stereocenters. The quantitative estimate of drug-likeness (QED) is 0.309. The van der Waals surface area contributed by atoms with Gasteiger partial charge in [-0.15, -0.1) is 0 Å². The fourth-order valence-electron chi connectivity index (χ4n) is 2.15. The van der Waals surface area contributed by atoms with Crippen LogP contribution < -0.4 is 5.32 Å². The number of phosphoric acid groups is 2. The van der Waals surface area contributed by atoms with Crippen LogP contribution in [-0.4, -0.2) is 27.8 Å². The molecule has 0 aliphatic rings. The monoisotopic (exact) mass is 419 g/mol. The highest BCUT2D eigenvalue weighted by Crippen LogP contribution is 2.57. The molecular weight excluding hydrogens is 392 g/mol. The van der Waals surface area contributed by atoms with E-state index in [4.69, 9.17) is 14.7 Å². The summed E-state index contributed by atoms with van der Waals surface area (Å²) in [6.45, 7) is 6.37. The summed E-state index contributed by atoms with van der Waals surface area (Å²) < 4.78 is 30.0. The first-order valence-corrected chi connectivity index (χ1v) is 11.4. The van der Waals surface area contributed by atoms with E-state index in [1.54, 1.807) is 6.08 Å². The Hall–Kier alpha value is -1.24. The largest absolute Gasteiger partial charge is 0.481 e. The average molecular weight is 419 g/mol. The van der Waals surface area contributed by atoms with Gasteiger partial charge in [-0.25, -0.2) is 9.13 Å². The van der Waals surface area contributed by atoms with Crippen LogP contribution >= 0.6 is 15.6 Å². The molecule has 1 aromatic carbocycles. The lowest BCUT2D eigenvalue weighted by atomic mass is 10.1. The van der Waals surface area contributed by atoms with E-state index in [2.05, 4.69) is 26.3 Å². The Balaban J connectivity index is 2.34. The zero-order valence-electron chi connectivity index (χ0n) is 15.7. The highest BCUT2D eigenvalue weighted by atomic mass is 31.3. The zero-order valence-corrected chi connectivity index (χ0v) is 17.5. The van der Waals surface area contributed by atoms with Crippen molar-refractivity contribution in [2.75, 3.05) is 18.5 Å². The molecule has 0 fully saturated rings. The van der Waals surface area contributed by atoms with Gasteiger partial charge in [0.15, 0.2) is 0 Å². The van der Waals surface area contributed by atoms with E-state index in [-0.39, 0.29) is 6.61 Å². The maximum absolute atomic E-state index is 11.3. The van der Waals surface area contributed by atoms with Crippen LogP contribution in [0.15, 0.2) is 47.6 Å². The van der Waals surface area contributed by atoms with Crippen LogP contribution in [0.4, 0.5) is 5.69 Å². The van der Waals surface area contributed by atoms with Crippen molar-refractivity contribution in [3.05, 3.63) is 53.1 Å². The van der Waals surface area contributed by atoms with Crippen molar-refractivity contribution in [3.63, 3.8) is 0 Å². The third-order valence-corrected chi connectivity index (χ3v) is 5.65. The Bertz CT molecular complexity index is 770. The van der Waals surface area contributed by atoms with Gasteiger partial charge in [0.2, 0.25) is 0 Å². The summed E-state index contributed by atoms with van der Waals surface area (Å²) >= 11 is 0. The standard InChI is InChI=1S/C17H27NO7P2/c1-14(10-11-24-27(22,23)25-26(19,20)21)6-4-8-16(3)13-18-17-9-5-7-15(2)12-17/h5,7-10,12,18H,4,6,11,13H2,1-3H3,(H,22,23)(H2,19,20,21). The summed E-state index contributed by atoms with van der Waals surface area (Å²) in [6, 6.07) is 8.14. The molecule has 0 spiro atoms. The summed E-state index contributed by atoms with van der Waals surface area (Å²) in [7, 11) is -9.87. The predicted octanol–water partition coefficient (Wildman–Crippen LogP) is 4.31. The van der Waals surface area contributed by atoms with Crippen molar-refractivity contribution in [3.8, 4) is 0 Å². The fourth-order valence-corrected chi connectivity index (χ4v) is 3.68. The number of aryl methyl sites for hydroxylation is 1. The Kier molecular flexibility index (Phi) is 9.63. The van der Waals surface area contributed by atoms with Gasteiger partial charge in [-0.05, 0) is 51.3 Å². The summed E-state index contributed by atoms with van der Waals surface area (Å²) in [5.74, 6) is 0. The lowest BCUT2D eigenvalue weighted by molar-refractivity contribution is 0.191. The van der Waals surface area contributed by atoms with Crippen LogP contribution in [0.5, 0.6) is 0 Å². The molecule has 1 unspecified atom stereocenters. The highest BCUT2D eigenvalue weighted by Gasteiger charge is 2.31. The molecule has 0 saturated heterocycles. The second-order valence-electron chi connectivity index (χ2n) is 6.20. The van der Waals surface area contributed by atoms with E-state index < -0.39 is 15.6 Å². The second kappa shape index (κ2) is 10.9. The Morgan fingerprint density at radius 2 is 1.85 bits per heavy atom. The molecule has 0 heterocycles. The normalized spacial score (nSPS) is 15.5. The summed E-state index contributed by atoms with van der Waals surface area (Å²) in [5.41, 5.74) is 4.38. The minimum atomic E-state index is -5.08. The minimum absolute atomic E-state index is 0.281. The Morgan fingerprint density at radius 1 is 1.15 bits per heavy atom. The lowest BCUT2D eigenvalue weighted by Gasteiger charge is -2.11. The van der Waals surface area contributed by atoms with Crippen LogP contribution in [0.3, 0.4) is 0 Å². The third kappa shape index (κ3) is 12.0. The number of nitrogens with one attached hydrogen (secondary N) is 1. The summed E-state index contributed by atoms with van der Waals surface area (Å²) in [4.78, 5) is 26.2.